The Morgan fingerprint density at radius 1 is 1.04 bits per heavy atom. The number of hydrogen-bond acceptors (Lipinski definition) is 3. The van der Waals surface area contributed by atoms with Gasteiger partial charge in [0.05, 0.1) is 4.90 Å². The maximum absolute atomic E-state index is 12.9. The summed E-state index contributed by atoms with van der Waals surface area (Å²) in [6.45, 7) is 7.54. The van der Waals surface area contributed by atoms with Gasteiger partial charge in [-0.1, -0.05) is 49.7 Å². The van der Waals surface area contributed by atoms with Crippen LogP contribution >= 0.6 is 11.6 Å². The molecule has 27 heavy (non-hydrogen) atoms. The highest BCUT2D eigenvalue weighted by atomic mass is 35.5. The van der Waals surface area contributed by atoms with Gasteiger partial charge in [-0.25, -0.2) is 8.42 Å². The molecule has 0 saturated carbocycles. The van der Waals surface area contributed by atoms with E-state index in [0.717, 1.165) is 36.6 Å². The molecule has 1 aliphatic heterocycles. The average molecular weight is 407 g/mol. The van der Waals surface area contributed by atoms with Crippen LogP contribution in [-0.2, 0) is 16.6 Å². The molecule has 0 bridgehead atoms. The maximum Gasteiger partial charge on any atom is 0.243 e. The lowest BCUT2D eigenvalue weighted by atomic mass is 9.99. The van der Waals surface area contributed by atoms with Crippen LogP contribution in [-0.4, -0.2) is 43.8 Å². The van der Waals surface area contributed by atoms with E-state index in [1.807, 2.05) is 36.4 Å². The normalized spacial score (nSPS) is 17.7. The molecule has 2 aromatic carbocycles. The molecule has 1 saturated heterocycles. The summed E-state index contributed by atoms with van der Waals surface area (Å²) in [5.74, 6) is 0.441. The van der Waals surface area contributed by atoms with Crippen LogP contribution in [0.15, 0.2) is 53.4 Å². The summed E-state index contributed by atoms with van der Waals surface area (Å²) >= 11 is 6.05. The predicted molar refractivity (Wildman–Crippen MR) is 111 cm³/mol. The van der Waals surface area contributed by atoms with Crippen molar-refractivity contribution in [2.24, 2.45) is 0 Å². The van der Waals surface area contributed by atoms with E-state index in [1.165, 1.54) is 5.56 Å². The SMILES string of the molecule is CCC(C)c1ccc(S(=O)(=O)N2CCN(Cc3cccc(Cl)c3)CC2)cc1. The van der Waals surface area contributed by atoms with Crippen molar-refractivity contribution in [2.45, 2.75) is 37.6 Å². The smallest absolute Gasteiger partial charge is 0.243 e. The standard InChI is InChI=1S/C21H27ClN2O2S/c1-3-17(2)19-7-9-21(10-8-19)27(25,26)24-13-11-23(12-14-24)16-18-5-4-6-20(22)15-18/h4-10,15,17H,3,11-14,16H2,1-2H3. The van der Waals surface area contributed by atoms with Gasteiger partial charge in [-0.15, -0.1) is 0 Å². The summed E-state index contributed by atoms with van der Waals surface area (Å²) in [4.78, 5) is 2.65. The van der Waals surface area contributed by atoms with Crippen LogP contribution in [0.5, 0.6) is 0 Å². The number of nitrogens with zero attached hydrogens (tertiary/aromatic N) is 2. The number of halogens is 1. The van der Waals surface area contributed by atoms with Gasteiger partial charge < -0.3 is 0 Å². The van der Waals surface area contributed by atoms with Crippen LogP contribution in [0.1, 0.15) is 37.3 Å². The molecule has 146 valence electrons. The number of sulfonamides is 1. The Kier molecular flexibility index (Phi) is 6.58. The topological polar surface area (TPSA) is 40.6 Å². The minimum atomic E-state index is -3.43. The lowest BCUT2D eigenvalue weighted by Crippen LogP contribution is -2.48. The van der Waals surface area contributed by atoms with Crippen molar-refractivity contribution in [1.29, 1.82) is 0 Å². The molecule has 1 fully saturated rings. The first-order valence-electron chi connectivity index (χ1n) is 9.47. The van der Waals surface area contributed by atoms with Crippen LogP contribution in [0.25, 0.3) is 0 Å². The number of rotatable bonds is 6. The molecule has 0 aromatic heterocycles. The van der Waals surface area contributed by atoms with Crippen molar-refractivity contribution in [1.82, 2.24) is 9.21 Å². The zero-order chi connectivity index (χ0) is 19.4. The number of piperazine rings is 1. The van der Waals surface area contributed by atoms with Gasteiger partial charge in [0.1, 0.15) is 0 Å². The van der Waals surface area contributed by atoms with Crippen molar-refractivity contribution in [3.05, 3.63) is 64.7 Å². The summed E-state index contributed by atoms with van der Waals surface area (Å²) in [5, 5.41) is 0.731. The van der Waals surface area contributed by atoms with Gasteiger partial charge in [0.25, 0.3) is 0 Å². The zero-order valence-electron chi connectivity index (χ0n) is 15.9. The summed E-state index contributed by atoms with van der Waals surface area (Å²) in [5.41, 5.74) is 2.34. The van der Waals surface area contributed by atoms with Gasteiger partial charge in [0, 0.05) is 37.7 Å². The first kappa shape index (κ1) is 20.3. The van der Waals surface area contributed by atoms with Crippen molar-refractivity contribution in [3.8, 4) is 0 Å². The molecule has 1 unspecified atom stereocenters. The monoisotopic (exact) mass is 406 g/mol. The Balaban J connectivity index is 1.62. The van der Waals surface area contributed by atoms with Crippen LogP contribution in [0.3, 0.4) is 0 Å². The number of benzene rings is 2. The second-order valence-corrected chi connectivity index (χ2v) is 9.56. The lowest BCUT2D eigenvalue weighted by Gasteiger charge is -2.34. The van der Waals surface area contributed by atoms with Crippen molar-refractivity contribution in [2.75, 3.05) is 26.2 Å². The number of hydrogen-bond donors (Lipinski definition) is 0. The van der Waals surface area contributed by atoms with Gasteiger partial charge in [-0.2, -0.15) is 4.31 Å². The van der Waals surface area contributed by atoms with E-state index < -0.39 is 10.0 Å². The average Bonchev–Trinajstić information content (AvgIpc) is 2.68. The van der Waals surface area contributed by atoms with E-state index in [2.05, 4.69) is 18.7 Å². The summed E-state index contributed by atoms with van der Waals surface area (Å²) in [6, 6.07) is 15.2. The van der Waals surface area contributed by atoms with E-state index in [-0.39, 0.29) is 0 Å². The molecule has 6 heteroatoms. The molecule has 4 nitrogen and oxygen atoms in total. The van der Waals surface area contributed by atoms with E-state index in [9.17, 15) is 8.42 Å². The maximum atomic E-state index is 12.9. The highest BCUT2D eigenvalue weighted by Gasteiger charge is 2.28. The second-order valence-electron chi connectivity index (χ2n) is 7.19. The minimum absolute atomic E-state index is 0.387. The van der Waals surface area contributed by atoms with Crippen LogP contribution < -0.4 is 0 Å². The Labute approximate surface area is 167 Å². The largest absolute Gasteiger partial charge is 0.296 e. The highest BCUT2D eigenvalue weighted by Crippen LogP contribution is 2.23. The Morgan fingerprint density at radius 3 is 2.30 bits per heavy atom. The van der Waals surface area contributed by atoms with Gasteiger partial charge in [-0.05, 0) is 47.7 Å². The summed E-state index contributed by atoms with van der Waals surface area (Å²) < 4.78 is 27.5. The zero-order valence-corrected chi connectivity index (χ0v) is 17.5. The molecular formula is C21H27ClN2O2S. The molecule has 0 amide bonds. The van der Waals surface area contributed by atoms with E-state index in [4.69, 9.17) is 11.6 Å². The van der Waals surface area contributed by atoms with E-state index in [1.54, 1.807) is 16.4 Å². The fraction of sp³-hybridized carbons (Fsp3) is 0.429. The van der Waals surface area contributed by atoms with Crippen LogP contribution in [0, 0.1) is 0 Å². The van der Waals surface area contributed by atoms with E-state index in [0.29, 0.717) is 23.9 Å². The molecule has 1 aliphatic rings. The molecule has 1 atom stereocenters. The quantitative estimate of drug-likeness (QED) is 0.715. The first-order chi connectivity index (χ1) is 12.9. The summed E-state index contributed by atoms with van der Waals surface area (Å²) in [7, 11) is -3.43. The predicted octanol–water partition coefficient (Wildman–Crippen LogP) is 4.36. The summed E-state index contributed by atoms with van der Waals surface area (Å²) in [6.07, 6.45) is 1.04. The molecule has 0 N–H and O–H groups in total. The Bertz CT molecular complexity index is 860. The third-order valence-electron chi connectivity index (χ3n) is 5.33. The van der Waals surface area contributed by atoms with Gasteiger partial charge in [0.2, 0.25) is 10.0 Å². The van der Waals surface area contributed by atoms with Crippen LogP contribution in [0.2, 0.25) is 5.02 Å². The fourth-order valence-electron chi connectivity index (χ4n) is 3.37. The molecule has 0 aliphatic carbocycles. The third-order valence-corrected chi connectivity index (χ3v) is 7.47. The molecule has 0 spiro atoms. The van der Waals surface area contributed by atoms with Crippen molar-refractivity contribution in [3.63, 3.8) is 0 Å². The molecule has 3 rings (SSSR count). The molecule has 2 aromatic rings. The third kappa shape index (κ3) is 4.91. The highest BCUT2D eigenvalue weighted by molar-refractivity contribution is 7.89. The van der Waals surface area contributed by atoms with E-state index >= 15 is 0 Å². The molecular weight excluding hydrogens is 380 g/mol. The van der Waals surface area contributed by atoms with Gasteiger partial charge in [-0.3, -0.25) is 4.90 Å². The van der Waals surface area contributed by atoms with Crippen LogP contribution in [0.4, 0.5) is 0 Å². The van der Waals surface area contributed by atoms with Gasteiger partial charge in [0.15, 0.2) is 0 Å². The fourth-order valence-corrected chi connectivity index (χ4v) is 5.01. The van der Waals surface area contributed by atoms with Gasteiger partial charge >= 0.3 is 0 Å². The second kappa shape index (κ2) is 8.74. The lowest BCUT2D eigenvalue weighted by molar-refractivity contribution is 0.181. The Hall–Kier alpha value is -1.40. The minimum Gasteiger partial charge on any atom is -0.296 e. The first-order valence-corrected chi connectivity index (χ1v) is 11.3. The Morgan fingerprint density at radius 2 is 1.70 bits per heavy atom. The van der Waals surface area contributed by atoms with Crippen molar-refractivity contribution < 1.29 is 8.42 Å². The molecule has 0 radical (unpaired) electrons. The van der Waals surface area contributed by atoms with Crippen molar-refractivity contribution >= 4 is 21.6 Å². The molecule has 1 heterocycles.